The Morgan fingerprint density at radius 3 is 2.45 bits per heavy atom. The molecule has 0 saturated carbocycles. The maximum Gasteiger partial charge on any atom is 0.261 e. The average Bonchev–Trinajstić information content (AvgIpc) is 2.72. The molecule has 0 spiro atoms. The van der Waals surface area contributed by atoms with Crippen LogP contribution in [0.15, 0.2) is 48.5 Å². The van der Waals surface area contributed by atoms with Crippen LogP contribution in [0.4, 0.5) is 5.69 Å². The molecule has 0 bridgehead atoms. The van der Waals surface area contributed by atoms with Gasteiger partial charge in [0.25, 0.3) is 11.8 Å². The van der Waals surface area contributed by atoms with Gasteiger partial charge in [-0.2, -0.15) is 0 Å². The molecule has 0 aromatic heterocycles. The number of aliphatic hydroxyl groups is 1. The molecule has 2 aromatic rings. The maximum absolute atomic E-state index is 12.8. The Bertz CT molecular complexity index is 817. The van der Waals surface area contributed by atoms with Crippen molar-refractivity contribution in [1.82, 2.24) is 5.32 Å². The number of nitrogens with one attached hydrogen (secondary N) is 1. The molecule has 110 valence electrons. The van der Waals surface area contributed by atoms with Crippen LogP contribution in [0.3, 0.4) is 0 Å². The molecule has 2 atom stereocenters. The van der Waals surface area contributed by atoms with Crippen LogP contribution in [0, 0.1) is 0 Å². The van der Waals surface area contributed by atoms with Crippen LogP contribution in [-0.2, 0) is 5.72 Å². The van der Waals surface area contributed by atoms with Crippen LogP contribution < -0.4 is 10.2 Å². The van der Waals surface area contributed by atoms with Crippen molar-refractivity contribution in [1.29, 1.82) is 0 Å². The van der Waals surface area contributed by atoms with E-state index in [0.29, 0.717) is 22.4 Å². The summed E-state index contributed by atoms with van der Waals surface area (Å²) in [6, 6.07) is 13.1. The van der Waals surface area contributed by atoms with Crippen LogP contribution in [0.2, 0.25) is 0 Å². The molecule has 0 radical (unpaired) electrons. The van der Waals surface area contributed by atoms with Gasteiger partial charge in [-0.3, -0.25) is 14.5 Å². The summed E-state index contributed by atoms with van der Waals surface area (Å²) in [5, 5.41) is 14.1. The molecule has 0 fully saturated rings. The van der Waals surface area contributed by atoms with Crippen molar-refractivity contribution in [2.24, 2.45) is 0 Å². The number of benzene rings is 2. The zero-order valence-corrected chi connectivity index (χ0v) is 11.9. The Labute approximate surface area is 127 Å². The highest BCUT2D eigenvalue weighted by Crippen LogP contribution is 2.45. The van der Waals surface area contributed by atoms with Gasteiger partial charge < -0.3 is 10.4 Å². The van der Waals surface area contributed by atoms with Crippen molar-refractivity contribution >= 4 is 17.5 Å². The van der Waals surface area contributed by atoms with E-state index in [1.165, 1.54) is 4.90 Å². The molecule has 2 N–H and O–H groups in total. The van der Waals surface area contributed by atoms with Crippen molar-refractivity contribution in [3.63, 3.8) is 0 Å². The van der Waals surface area contributed by atoms with Gasteiger partial charge >= 0.3 is 0 Å². The average molecular weight is 294 g/mol. The lowest BCUT2D eigenvalue weighted by atomic mass is 9.95. The fraction of sp³-hybridized carbons (Fsp3) is 0.176. The van der Waals surface area contributed by atoms with Crippen LogP contribution in [0.5, 0.6) is 0 Å². The van der Waals surface area contributed by atoms with Crippen LogP contribution in [-0.4, -0.2) is 23.0 Å². The minimum atomic E-state index is -1.59. The van der Waals surface area contributed by atoms with E-state index in [9.17, 15) is 14.7 Å². The fourth-order valence-corrected chi connectivity index (χ4v) is 3.34. The van der Waals surface area contributed by atoms with E-state index in [-0.39, 0.29) is 11.8 Å². The number of carbonyl (C=O) groups is 2. The largest absolute Gasteiger partial charge is 0.365 e. The third kappa shape index (κ3) is 1.41. The lowest BCUT2D eigenvalue weighted by Gasteiger charge is -2.37. The summed E-state index contributed by atoms with van der Waals surface area (Å²) in [5.41, 5.74) is 0.197. The molecular weight excluding hydrogens is 280 g/mol. The van der Waals surface area contributed by atoms with E-state index in [2.05, 4.69) is 5.32 Å². The number of carbonyl (C=O) groups excluding carboxylic acids is 2. The Balaban J connectivity index is 2.06. The second-order valence-corrected chi connectivity index (χ2v) is 5.62. The SMILES string of the molecule is C[C@@H]1NC(=O)c2ccccc2N2C(=O)c3ccccc3[C@]12O. The van der Waals surface area contributed by atoms with Gasteiger partial charge in [0.1, 0.15) is 0 Å². The Morgan fingerprint density at radius 2 is 1.68 bits per heavy atom. The van der Waals surface area contributed by atoms with E-state index < -0.39 is 11.8 Å². The number of hydrogen-bond acceptors (Lipinski definition) is 3. The van der Waals surface area contributed by atoms with Crippen molar-refractivity contribution in [3.8, 4) is 0 Å². The molecule has 2 aliphatic heterocycles. The van der Waals surface area contributed by atoms with Gasteiger partial charge in [0, 0.05) is 11.1 Å². The monoisotopic (exact) mass is 294 g/mol. The smallest absolute Gasteiger partial charge is 0.261 e. The van der Waals surface area contributed by atoms with Crippen molar-refractivity contribution in [2.45, 2.75) is 18.7 Å². The topological polar surface area (TPSA) is 69.6 Å². The van der Waals surface area contributed by atoms with E-state index in [4.69, 9.17) is 0 Å². The summed E-state index contributed by atoms with van der Waals surface area (Å²) in [7, 11) is 0. The molecule has 5 heteroatoms. The predicted molar refractivity (Wildman–Crippen MR) is 80.5 cm³/mol. The fourth-order valence-electron chi connectivity index (χ4n) is 3.34. The Morgan fingerprint density at radius 1 is 1.05 bits per heavy atom. The first-order chi connectivity index (χ1) is 10.5. The third-order valence-corrected chi connectivity index (χ3v) is 4.44. The number of fused-ring (bicyclic) bond motifs is 5. The molecule has 2 heterocycles. The molecule has 0 aliphatic carbocycles. The molecule has 2 amide bonds. The highest BCUT2D eigenvalue weighted by Gasteiger charge is 2.55. The summed E-state index contributed by atoms with van der Waals surface area (Å²) in [4.78, 5) is 26.5. The van der Waals surface area contributed by atoms with Gasteiger partial charge in [-0.1, -0.05) is 30.3 Å². The summed E-state index contributed by atoms with van der Waals surface area (Å²) in [5.74, 6) is -0.592. The van der Waals surface area contributed by atoms with Crippen molar-refractivity contribution in [3.05, 3.63) is 65.2 Å². The van der Waals surface area contributed by atoms with Crippen LogP contribution >= 0.6 is 0 Å². The van der Waals surface area contributed by atoms with E-state index >= 15 is 0 Å². The predicted octanol–water partition coefficient (Wildman–Crippen LogP) is 1.62. The highest BCUT2D eigenvalue weighted by molar-refractivity contribution is 6.15. The molecule has 22 heavy (non-hydrogen) atoms. The lowest BCUT2D eigenvalue weighted by molar-refractivity contribution is 0.0112. The first kappa shape index (κ1) is 13.0. The number of hydrogen-bond donors (Lipinski definition) is 2. The van der Waals surface area contributed by atoms with Gasteiger partial charge in [0.05, 0.1) is 17.3 Å². The first-order valence-electron chi connectivity index (χ1n) is 7.11. The molecule has 2 aromatic carbocycles. The standard InChI is InChI=1S/C17H14N2O3/c1-10-17(22)13-8-4-2-6-11(13)16(21)19(17)14-9-5-3-7-12(14)15(20)18-10/h2-10,22H,1H3,(H,18,20)/t10-,17+/m0/s1. The lowest BCUT2D eigenvalue weighted by Crippen LogP contribution is -2.55. The molecular formula is C17H14N2O3. The molecule has 5 nitrogen and oxygen atoms in total. The van der Waals surface area contributed by atoms with Crippen LogP contribution in [0.1, 0.15) is 33.2 Å². The van der Waals surface area contributed by atoms with E-state index in [0.717, 1.165) is 0 Å². The summed E-state index contributed by atoms with van der Waals surface area (Å²) >= 11 is 0. The minimum Gasteiger partial charge on any atom is -0.365 e. The number of para-hydroxylation sites is 1. The van der Waals surface area contributed by atoms with E-state index in [1.54, 1.807) is 55.5 Å². The van der Waals surface area contributed by atoms with Gasteiger partial charge in [-0.25, -0.2) is 0 Å². The Hall–Kier alpha value is -2.66. The molecule has 0 unspecified atom stereocenters. The van der Waals surface area contributed by atoms with Crippen LogP contribution in [0.25, 0.3) is 0 Å². The molecule has 0 saturated heterocycles. The van der Waals surface area contributed by atoms with E-state index in [1.807, 2.05) is 0 Å². The second-order valence-electron chi connectivity index (χ2n) is 5.62. The molecule has 4 rings (SSSR count). The second kappa shape index (κ2) is 4.18. The molecule has 2 aliphatic rings. The van der Waals surface area contributed by atoms with Gasteiger partial charge in [0.15, 0.2) is 5.72 Å². The zero-order chi connectivity index (χ0) is 15.5. The Kier molecular flexibility index (Phi) is 2.47. The normalized spacial score (nSPS) is 25.9. The minimum absolute atomic E-state index is 0.295. The summed E-state index contributed by atoms with van der Waals surface area (Å²) < 4.78 is 0. The number of amides is 2. The van der Waals surface area contributed by atoms with Gasteiger partial charge in [-0.05, 0) is 25.1 Å². The summed E-state index contributed by atoms with van der Waals surface area (Å²) in [6.45, 7) is 1.70. The van der Waals surface area contributed by atoms with Gasteiger partial charge in [0.2, 0.25) is 0 Å². The highest BCUT2D eigenvalue weighted by atomic mass is 16.3. The van der Waals surface area contributed by atoms with Crippen molar-refractivity contribution in [2.75, 3.05) is 4.90 Å². The van der Waals surface area contributed by atoms with Crippen molar-refractivity contribution < 1.29 is 14.7 Å². The number of anilines is 1. The third-order valence-electron chi connectivity index (χ3n) is 4.44. The quantitative estimate of drug-likeness (QED) is 0.776. The van der Waals surface area contributed by atoms with Gasteiger partial charge in [-0.15, -0.1) is 0 Å². The zero-order valence-electron chi connectivity index (χ0n) is 11.9. The maximum atomic E-state index is 12.8. The number of nitrogens with zero attached hydrogens (tertiary/aromatic N) is 1. The number of rotatable bonds is 0. The summed E-state index contributed by atoms with van der Waals surface area (Å²) in [6.07, 6.45) is 0. The first-order valence-corrected chi connectivity index (χ1v) is 7.11.